The Labute approximate surface area is 383 Å². The fourth-order valence-corrected chi connectivity index (χ4v) is 10.2. The number of benzene rings is 3. The van der Waals surface area contributed by atoms with Gasteiger partial charge < -0.3 is 44.4 Å². The highest BCUT2D eigenvalue weighted by Gasteiger charge is 2.55. The van der Waals surface area contributed by atoms with Gasteiger partial charge in [0.15, 0.2) is 23.3 Å². The van der Waals surface area contributed by atoms with E-state index in [0.717, 1.165) is 16.4 Å². The number of carboxylic acids is 1. The number of carboxylic acid groups (broad SMARTS) is 1. The average molecular weight is 933 g/mol. The maximum Gasteiger partial charge on any atom is 0.519 e. The van der Waals surface area contributed by atoms with Crippen LogP contribution in [0.3, 0.4) is 0 Å². The second-order valence-corrected chi connectivity index (χ2v) is 17.5. The molecule has 0 aliphatic carbocycles. The number of allylic oxidation sites excluding steroid dienone is 1. The number of nitrogen functional groups attached to an aromatic ring is 1. The monoisotopic (exact) mass is 932 g/mol. The fraction of sp³-hybridized carbons (Fsp3) is 0.267. The summed E-state index contributed by atoms with van der Waals surface area (Å²) in [6.45, 7) is 2.10. The van der Waals surface area contributed by atoms with Crippen molar-refractivity contribution in [2.45, 2.75) is 49.4 Å². The number of thioether (sulfide) groups is 1. The van der Waals surface area contributed by atoms with Crippen molar-refractivity contribution in [1.29, 1.82) is 0 Å². The smallest absolute Gasteiger partial charge is 0.477 e. The van der Waals surface area contributed by atoms with Gasteiger partial charge in [-0.05, 0) is 31.4 Å². The molecule has 21 heteroatoms. The van der Waals surface area contributed by atoms with Crippen LogP contribution >= 0.6 is 23.3 Å². The molecule has 4 N–H and O–H groups in total. The van der Waals surface area contributed by atoms with Crippen LogP contribution in [0, 0.1) is 6.92 Å². The lowest BCUT2D eigenvalue weighted by molar-refractivity contribution is -0.150. The molecule has 19 nitrogen and oxygen atoms in total. The third-order valence-corrected chi connectivity index (χ3v) is 13.5. The number of nitrogens with one attached hydrogen (secondary N) is 1. The van der Waals surface area contributed by atoms with Gasteiger partial charge in [0.2, 0.25) is 23.0 Å². The molecular weight excluding hydrogens is 893 g/mol. The lowest BCUT2D eigenvalue weighted by Gasteiger charge is -2.49. The van der Waals surface area contributed by atoms with Crippen molar-refractivity contribution in [2.24, 2.45) is 5.16 Å². The Morgan fingerprint density at radius 2 is 1.62 bits per heavy atom. The number of oxime groups is 1. The zero-order valence-corrected chi connectivity index (χ0v) is 36.7. The highest BCUT2D eigenvalue weighted by molar-refractivity contribution is 8.00. The average Bonchev–Trinajstić information content (AvgIpc) is 4.14. The minimum atomic E-state index is -1.38. The van der Waals surface area contributed by atoms with Crippen LogP contribution in [0.25, 0.3) is 0 Å². The van der Waals surface area contributed by atoms with Gasteiger partial charge in [0.05, 0.1) is 6.04 Å². The van der Waals surface area contributed by atoms with Crippen LogP contribution in [0.1, 0.15) is 46.9 Å². The van der Waals surface area contributed by atoms with Crippen LogP contribution in [-0.4, -0.2) is 108 Å². The van der Waals surface area contributed by atoms with Gasteiger partial charge in [0.1, 0.15) is 17.1 Å². The van der Waals surface area contributed by atoms with Crippen molar-refractivity contribution in [3.05, 3.63) is 159 Å². The number of aryl methyl sites for hydroxylation is 1. The number of β-lactam (4-membered cyclic amide) rings is 1. The Bertz CT molecular complexity index is 2770. The van der Waals surface area contributed by atoms with E-state index in [1.54, 1.807) is 4.90 Å². The molecule has 2 unspecified atom stereocenters. The number of hydrogen-bond donors (Lipinski definition) is 3. The van der Waals surface area contributed by atoms with Crippen molar-refractivity contribution in [2.75, 3.05) is 31.1 Å². The van der Waals surface area contributed by atoms with Gasteiger partial charge in [0.25, 0.3) is 11.8 Å². The van der Waals surface area contributed by atoms with E-state index < -0.39 is 46.7 Å². The maximum absolute atomic E-state index is 14.3. The summed E-state index contributed by atoms with van der Waals surface area (Å²) >= 11 is 2.07. The molecule has 0 bridgehead atoms. The molecule has 0 radical (unpaired) electrons. The molecule has 338 valence electrons. The van der Waals surface area contributed by atoms with Crippen LogP contribution in [0.15, 0.2) is 133 Å². The lowest BCUT2D eigenvalue weighted by atomic mass is 9.80. The van der Waals surface area contributed by atoms with E-state index in [9.17, 15) is 33.9 Å². The van der Waals surface area contributed by atoms with E-state index in [1.807, 2.05) is 91.0 Å². The van der Waals surface area contributed by atoms with E-state index in [1.165, 1.54) is 29.7 Å². The zero-order valence-electron chi connectivity index (χ0n) is 35.0. The Morgan fingerprint density at radius 1 is 0.970 bits per heavy atom. The molecule has 3 atom stereocenters. The summed E-state index contributed by atoms with van der Waals surface area (Å²) < 4.78 is 19.2. The molecular formula is C45H40N8O11S2. The highest BCUT2D eigenvalue weighted by Crippen LogP contribution is 2.43. The molecule has 9 rings (SSSR count). The quantitative estimate of drug-likeness (QED) is 0.0496. The molecule has 3 aromatic carbocycles. The topological polar surface area (TPSA) is 253 Å². The summed E-state index contributed by atoms with van der Waals surface area (Å²) in [5.41, 5.74) is 6.65. The van der Waals surface area contributed by atoms with Crippen LogP contribution in [0.4, 0.5) is 9.93 Å². The van der Waals surface area contributed by atoms with Crippen LogP contribution in [-0.2, 0) is 41.0 Å². The summed E-state index contributed by atoms with van der Waals surface area (Å²) in [5.74, 6) is -3.85. The standard InChI is InChI=1S/C45H40N8O11S2/c1-25-32(63-44(60)62-25)23-61-43(59)51-19-18-31(22-51)52-20-17-26(38(52)55)21-27-24-65-40-34(39(56)53(40)35(27)41(57)58)47-37(54)33(36-48-42(46)66-50-36)49-64-45(28-11-5-2-6-12-28,29-13-7-3-8-14-29)30-15-9-4-10-16-30/h2-16,21,31,34,40H,17-20,22-24H2,1H3,(H,47,54)(H,57,58)(H2,46,48,50)/b26-21+,49-33-/t31?,34?,40-/m1/s1. The number of amides is 4. The van der Waals surface area contributed by atoms with Crippen LogP contribution < -0.4 is 16.9 Å². The molecule has 0 saturated carbocycles. The molecule has 2 aromatic heterocycles. The molecule has 5 aromatic rings. The Hall–Kier alpha value is -7.52. The second kappa shape index (κ2) is 18.2. The first-order valence-corrected chi connectivity index (χ1v) is 22.5. The summed E-state index contributed by atoms with van der Waals surface area (Å²) in [5, 5.41) is 16.9. The predicted octanol–water partition coefficient (Wildman–Crippen LogP) is 4.00. The van der Waals surface area contributed by atoms with Gasteiger partial charge in [0, 0.05) is 59.2 Å². The Kier molecular flexibility index (Phi) is 12.0. The van der Waals surface area contributed by atoms with Gasteiger partial charge in [-0.3, -0.25) is 19.3 Å². The number of anilines is 1. The first-order valence-electron chi connectivity index (χ1n) is 20.7. The molecule has 0 spiro atoms. The number of carbonyl (C=O) groups is 5. The van der Waals surface area contributed by atoms with E-state index in [-0.39, 0.29) is 70.3 Å². The summed E-state index contributed by atoms with van der Waals surface area (Å²) in [4.78, 5) is 93.9. The largest absolute Gasteiger partial charge is 0.519 e. The number of aromatic nitrogens is 2. The van der Waals surface area contributed by atoms with Crippen molar-refractivity contribution < 1.29 is 47.5 Å². The molecule has 4 amide bonds. The predicted molar refractivity (Wildman–Crippen MR) is 237 cm³/mol. The van der Waals surface area contributed by atoms with Gasteiger partial charge in [-0.25, -0.2) is 14.4 Å². The minimum Gasteiger partial charge on any atom is -0.477 e. The fourth-order valence-electron chi connectivity index (χ4n) is 8.48. The number of likely N-dealkylation sites (tertiary alicyclic amines) is 2. The third-order valence-electron chi connectivity index (χ3n) is 11.7. The number of carbonyl (C=O) groups excluding carboxylic acids is 4. The first-order chi connectivity index (χ1) is 31.9. The minimum absolute atomic E-state index is 0.0574. The first kappa shape index (κ1) is 43.7. The SMILES string of the molecule is Cc1oc(=O)oc1COC(=O)N1CCC(N2CC/C(=C\C3=C(C(=O)O)N4C(=O)C(NC(=O)/C(=N\OC(c5ccccc5)(c5ccccc5)c5ccccc5)c5nsc(N)n5)[C@H]4SC3)C2=O)C1. The molecule has 3 fully saturated rings. The summed E-state index contributed by atoms with van der Waals surface area (Å²) in [6, 6.07) is 26.6. The lowest BCUT2D eigenvalue weighted by Crippen LogP contribution is -2.71. The zero-order chi connectivity index (χ0) is 46.1. The number of fused-ring (bicyclic) bond motifs is 1. The van der Waals surface area contributed by atoms with E-state index >= 15 is 0 Å². The van der Waals surface area contributed by atoms with E-state index in [0.29, 0.717) is 48.2 Å². The van der Waals surface area contributed by atoms with Gasteiger partial charge >= 0.3 is 17.9 Å². The number of nitrogens with two attached hydrogens (primary N) is 1. The number of hydrogen-bond acceptors (Lipinski definition) is 16. The van der Waals surface area contributed by atoms with Crippen molar-refractivity contribution in [1.82, 2.24) is 29.4 Å². The van der Waals surface area contributed by atoms with Gasteiger partial charge in [-0.1, -0.05) is 96.2 Å². The van der Waals surface area contributed by atoms with Crippen molar-refractivity contribution in [3.63, 3.8) is 0 Å². The normalized spacial score (nSPS) is 20.4. The number of rotatable bonds is 13. The highest BCUT2D eigenvalue weighted by atomic mass is 32.2. The molecule has 4 aliphatic heterocycles. The van der Waals surface area contributed by atoms with Crippen molar-refractivity contribution in [3.8, 4) is 0 Å². The van der Waals surface area contributed by atoms with E-state index in [4.69, 9.17) is 24.1 Å². The van der Waals surface area contributed by atoms with Crippen LogP contribution in [0.5, 0.6) is 0 Å². The van der Waals surface area contributed by atoms with Crippen molar-refractivity contribution >= 4 is 63.9 Å². The second-order valence-electron chi connectivity index (χ2n) is 15.6. The van der Waals surface area contributed by atoms with E-state index in [2.05, 4.69) is 19.8 Å². The molecule has 4 aliphatic rings. The Balaban J connectivity index is 0.922. The van der Waals surface area contributed by atoms with Gasteiger partial charge in [-0.2, -0.15) is 9.36 Å². The van der Waals surface area contributed by atoms with Gasteiger partial charge in [-0.15, -0.1) is 11.8 Å². The van der Waals surface area contributed by atoms with Crippen LogP contribution in [0.2, 0.25) is 0 Å². The molecule has 3 saturated heterocycles. The summed E-state index contributed by atoms with van der Waals surface area (Å²) in [6.07, 6.45) is 1.69. The number of aliphatic carboxylic acids is 1. The Morgan fingerprint density at radius 3 is 2.20 bits per heavy atom. The molecule has 6 heterocycles. The summed E-state index contributed by atoms with van der Waals surface area (Å²) in [7, 11) is 0. The third kappa shape index (κ3) is 8.21. The number of ether oxygens (including phenoxy) is 1. The molecule has 66 heavy (non-hydrogen) atoms. The maximum atomic E-state index is 14.3. The number of nitrogens with zero attached hydrogens (tertiary/aromatic N) is 6.